The number of benzene rings is 1. The summed E-state index contributed by atoms with van der Waals surface area (Å²) in [5.74, 6) is -0.385. The number of rotatable bonds is 7. The van der Waals surface area contributed by atoms with Crippen LogP contribution in [-0.2, 0) is 19.0 Å². The average molecular weight is 542 g/mol. The van der Waals surface area contributed by atoms with Crippen molar-refractivity contribution in [2.24, 2.45) is 0 Å². The molecular formula is C24H31NO13. The summed E-state index contributed by atoms with van der Waals surface area (Å²) < 4.78 is 27.9. The normalized spacial score (nSPS) is 35.7. The van der Waals surface area contributed by atoms with Gasteiger partial charge in [-0.1, -0.05) is 0 Å². The highest BCUT2D eigenvalue weighted by molar-refractivity contribution is 5.81. The minimum atomic E-state index is -1.77. The van der Waals surface area contributed by atoms with Gasteiger partial charge < -0.3 is 59.3 Å². The Morgan fingerprint density at radius 1 is 0.947 bits per heavy atom. The Labute approximate surface area is 215 Å². The van der Waals surface area contributed by atoms with Crippen LogP contribution in [-0.4, -0.2) is 111 Å². The maximum atomic E-state index is 11.9. The fourth-order valence-corrected chi connectivity index (χ4v) is 4.57. The summed E-state index contributed by atoms with van der Waals surface area (Å²) in [6.45, 7) is 1.54. The fraction of sp³-hybridized carbons (Fsp3) is 0.583. The van der Waals surface area contributed by atoms with E-state index >= 15 is 0 Å². The third-order valence-electron chi connectivity index (χ3n) is 6.54. The molecule has 3 heterocycles. The zero-order valence-electron chi connectivity index (χ0n) is 20.5. The van der Waals surface area contributed by atoms with E-state index in [-0.39, 0.29) is 11.3 Å². The zero-order chi connectivity index (χ0) is 27.7. The van der Waals surface area contributed by atoms with Gasteiger partial charge in [0.2, 0.25) is 12.2 Å². The molecule has 0 spiro atoms. The number of aryl methyl sites for hydroxylation is 1. The van der Waals surface area contributed by atoms with Crippen molar-refractivity contribution < 1.29 is 58.8 Å². The molecular weight excluding hydrogens is 510 g/mol. The van der Waals surface area contributed by atoms with Crippen molar-refractivity contribution in [3.63, 3.8) is 0 Å². The highest BCUT2D eigenvalue weighted by Gasteiger charge is 2.51. The predicted octanol–water partition coefficient (Wildman–Crippen LogP) is -2.75. The molecule has 2 fully saturated rings. The van der Waals surface area contributed by atoms with Crippen molar-refractivity contribution in [2.45, 2.75) is 75.2 Å². The van der Waals surface area contributed by atoms with Gasteiger partial charge in [0, 0.05) is 24.4 Å². The highest BCUT2D eigenvalue weighted by Crippen LogP contribution is 2.31. The minimum absolute atomic E-state index is 0.170. The van der Waals surface area contributed by atoms with Crippen molar-refractivity contribution in [1.29, 1.82) is 0 Å². The Kier molecular flexibility index (Phi) is 8.66. The van der Waals surface area contributed by atoms with Crippen LogP contribution < -0.4 is 15.7 Å². The van der Waals surface area contributed by atoms with Gasteiger partial charge in [0.05, 0.1) is 13.2 Å². The SMILES string of the molecule is CC(=O)NC1[C@H](Oc2ccc3c(C)cc(=O)oc3c2)OC(CO)[C@@H](O[C@@H]2O[C@@H](CO)[C@H](O)C(O)C2O)[C@@H]1O. The van der Waals surface area contributed by atoms with E-state index in [1.807, 2.05) is 0 Å². The molecule has 0 aliphatic carbocycles. The van der Waals surface area contributed by atoms with Crippen molar-refractivity contribution in [3.05, 3.63) is 40.2 Å². The van der Waals surface area contributed by atoms with Gasteiger partial charge in [0.25, 0.3) is 0 Å². The maximum absolute atomic E-state index is 11.9. The molecule has 0 saturated carbocycles. The summed E-state index contributed by atoms with van der Waals surface area (Å²) in [6.07, 6.45) is -13.7. The van der Waals surface area contributed by atoms with E-state index in [2.05, 4.69) is 5.32 Å². The van der Waals surface area contributed by atoms with Crippen LogP contribution in [0, 0.1) is 6.92 Å². The molecule has 2 aromatic rings. The highest BCUT2D eigenvalue weighted by atomic mass is 16.7. The Morgan fingerprint density at radius 2 is 1.63 bits per heavy atom. The largest absolute Gasteiger partial charge is 0.462 e. The van der Waals surface area contributed by atoms with E-state index in [4.69, 9.17) is 23.4 Å². The number of aliphatic hydroxyl groups excluding tert-OH is 6. The van der Waals surface area contributed by atoms with Crippen molar-refractivity contribution in [1.82, 2.24) is 5.32 Å². The molecule has 38 heavy (non-hydrogen) atoms. The molecule has 4 rings (SSSR count). The number of amides is 1. The summed E-state index contributed by atoms with van der Waals surface area (Å²) in [6, 6.07) is 4.75. The lowest BCUT2D eigenvalue weighted by Crippen LogP contribution is -2.68. The summed E-state index contributed by atoms with van der Waals surface area (Å²) in [5.41, 5.74) is 0.375. The van der Waals surface area contributed by atoms with Crippen LogP contribution in [0.4, 0.5) is 0 Å². The van der Waals surface area contributed by atoms with Gasteiger partial charge in [-0.2, -0.15) is 0 Å². The molecule has 2 aliphatic heterocycles. The molecule has 1 aromatic heterocycles. The topological polar surface area (TPSA) is 218 Å². The monoisotopic (exact) mass is 541 g/mol. The Morgan fingerprint density at radius 3 is 2.29 bits per heavy atom. The van der Waals surface area contributed by atoms with E-state index in [9.17, 15) is 40.2 Å². The Hall–Kier alpha value is -2.66. The van der Waals surface area contributed by atoms with Crippen molar-refractivity contribution in [2.75, 3.05) is 13.2 Å². The molecule has 1 aromatic carbocycles. The molecule has 14 heteroatoms. The van der Waals surface area contributed by atoms with Gasteiger partial charge >= 0.3 is 5.63 Å². The van der Waals surface area contributed by atoms with E-state index in [1.54, 1.807) is 19.1 Å². The maximum Gasteiger partial charge on any atom is 0.336 e. The molecule has 2 saturated heterocycles. The molecule has 7 N–H and O–H groups in total. The second-order valence-electron chi connectivity index (χ2n) is 9.26. The number of nitrogens with one attached hydrogen (secondary N) is 1. The second kappa shape index (κ2) is 11.6. The van der Waals surface area contributed by atoms with Crippen LogP contribution in [0.1, 0.15) is 12.5 Å². The van der Waals surface area contributed by atoms with E-state index < -0.39 is 86.1 Å². The Bertz CT molecular complexity index is 1190. The van der Waals surface area contributed by atoms with E-state index in [1.165, 1.54) is 19.1 Å². The molecule has 1 amide bonds. The van der Waals surface area contributed by atoms with E-state index in [0.717, 1.165) is 0 Å². The minimum Gasteiger partial charge on any atom is -0.462 e. The summed E-state index contributed by atoms with van der Waals surface area (Å²) >= 11 is 0. The van der Waals surface area contributed by atoms with Crippen LogP contribution >= 0.6 is 0 Å². The summed E-state index contributed by atoms with van der Waals surface area (Å²) in [4.78, 5) is 23.7. The van der Waals surface area contributed by atoms with Crippen LogP contribution in [0.5, 0.6) is 5.75 Å². The van der Waals surface area contributed by atoms with Gasteiger partial charge in [-0.25, -0.2) is 4.79 Å². The van der Waals surface area contributed by atoms with Gasteiger partial charge in [-0.15, -0.1) is 0 Å². The number of carbonyl (C=O) groups is 1. The quantitative estimate of drug-likeness (QED) is 0.177. The summed E-state index contributed by atoms with van der Waals surface area (Å²) in [7, 11) is 0. The fourth-order valence-electron chi connectivity index (χ4n) is 4.57. The standard InChI is InChI=1S/C24H31NO13/c1-9-5-16(29)35-13-6-11(3-4-12(9)13)34-23-17(25-10(2)28)19(31)22(15(8-27)37-23)38-24-21(33)20(32)18(30)14(7-26)36-24/h3-6,14-15,17-24,26-27,30-33H,7-8H2,1-2H3,(H,25,28)/t14-,15?,17?,18-,19+,20?,21?,22+,23+,24-/m0/s1. The predicted molar refractivity (Wildman–Crippen MR) is 126 cm³/mol. The third-order valence-corrected chi connectivity index (χ3v) is 6.54. The first-order valence-corrected chi connectivity index (χ1v) is 11.9. The smallest absolute Gasteiger partial charge is 0.336 e. The van der Waals surface area contributed by atoms with Crippen molar-refractivity contribution >= 4 is 16.9 Å². The molecule has 4 unspecified atom stereocenters. The number of fused-ring (bicyclic) bond motifs is 1. The Balaban J connectivity index is 1.58. The van der Waals surface area contributed by atoms with Crippen LogP contribution in [0.15, 0.2) is 33.5 Å². The zero-order valence-corrected chi connectivity index (χ0v) is 20.5. The second-order valence-corrected chi connectivity index (χ2v) is 9.26. The molecule has 10 atom stereocenters. The number of hydrogen-bond donors (Lipinski definition) is 7. The third kappa shape index (κ3) is 5.68. The van der Waals surface area contributed by atoms with Gasteiger partial charge in [-0.3, -0.25) is 4.79 Å². The van der Waals surface area contributed by atoms with Gasteiger partial charge in [-0.05, 0) is 24.6 Å². The molecule has 2 aliphatic rings. The average Bonchev–Trinajstić information content (AvgIpc) is 2.87. The first kappa shape index (κ1) is 28.4. The van der Waals surface area contributed by atoms with Crippen molar-refractivity contribution in [3.8, 4) is 5.75 Å². The lowest BCUT2D eigenvalue weighted by molar-refractivity contribution is -0.343. The van der Waals surface area contributed by atoms with Gasteiger partial charge in [0.15, 0.2) is 6.29 Å². The van der Waals surface area contributed by atoms with E-state index in [0.29, 0.717) is 10.9 Å². The lowest BCUT2D eigenvalue weighted by atomic mass is 9.95. The molecule has 0 bridgehead atoms. The summed E-state index contributed by atoms with van der Waals surface area (Å²) in [5, 5.41) is 64.1. The molecule has 210 valence electrons. The number of aliphatic hydroxyl groups is 6. The first-order valence-electron chi connectivity index (χ1n) is 11.9. The number of ether oxygens (including phenoxy) is 4. The van der Waals surface area contributed by atoms with Crippen LogP contribution in [0.2, 0.25) is 0 Å². The van der Waals surface area contributed by atoms with Crippen LogP contribution in [0.3, 0.4) is 0 Å². The number of hydrogen-bond acceptors (Lipinski definition) is 13. The first-order chi connectivity index (χ1) is 18.0. The number of carbonyl (C=O) groups excluding carboxylic acids is 1. The van der Waals surface area contributed by atoms with Gasteiger partial charge in [0.1, 0.15) is 60.1 Å². The molecule has 14 nitrogen and oxygen atoms in total. The van der Waals surface area contributed by atoms with Crippen LogP contribution in [0.25, 0.3) is 11.0 Å². The lowest BCUT2D eigenvalue weighted by Gasteiger charge is -2.47. The molecule has 0 radical (unpaired) electrons.